The summed E-state index contributed by atoms with van der Waals surface area (Å²) in [5.41, 5.74) is 0.440. The van der Waals surface area contributed by atoms with Crippen LogP contribution >= 0.6 is 0 Å². The largest absolute Gasteiger partial charge is 0.337 e. The summed E-state index contributed by atoms with van der Waals surface area (Å²) in [6.45, 7) is 4.66. The first-order valence-electron chi connectivity index (χ1n) is 7.77. The SMILES string of the molecule is Cc1nccn1CCC1CCN(C(=O)c2cnccn2)CC1. The van der Waals surface area contributed by atoms with Gasteiger partial charge >= 0.3 is 0 Å². The summed E-state index contributed by atoms with van der Waals surface area (Å²) in [5, 5.41) is 0. The number of amides is 1. The van der Waals surface area contributed by atoms with Crippen molar-refractivity contribution in [3.63, 3.8) is 0 Å². The second kappa shape index (κ2) is 6.68. The highest BCUT2D eigenvalue weighted by molar-refractivity contribution is 5.91. The molecule has 0 atom stereocenters. The van der Waals surface area contributed by atoms with Gasteiger partial charge in [0.25, 0.3) is 5.91 Å². The monoisotopic (exact) mass is 299 g/mol. The molecule has 2 aromatic heterocycles. The Morgan fingerprint density at radius 2 is 2.05 bits per heavy atom. The number of carbonyl (C=O) groups is 1. The van der Waals surface area contributed by atoms with Crippen LogP contribution in [0, 0.1) is 12.8 Å². The van der Waals surface area contributed by atoms with Crippen molar-refractivity contribution in [2.24, 2.45) is 5.92 Å². The Hall–Kier alpha value is -2.24. The molecule has 0 N–H and O–H groups in total. The molecular weight excluding hydrogens is 278 g/mol. The summed E-state index contributed by atoms with van der Waals surface area (Å²) in [6, 6.07) is 0. The Morgan fingerprint density at radius 1 is 1.23 bits per heavy atom. The van der Waals surface area contributed by atoms with Crippen LogP contribution in [0.1, 0.15) is 35.6 Å². The third kappa shape index (κ3) is 3.32. The molecule has 0 aromatic carbocycles. The lowest BCUT2D eigenvalue weighted by Gasteiger charge is -2.31. The van der Waals surface area contributed by atoms with Crippen LogP contribution in [-0.4, -0.2) is 43.4 Å². The number of rotatable bonds is 4. The van der Waals surface area contributed by atoms with Crippen LogP contribution in [0.2, 0.25) is 0 Å². The molecule has 2 aromatic rings. The number of hydrogen-bond acceptors (Lipinski definition) is 4. The molecule has 1 saturated heterocycles. The Bertz CT molecular complexity index is 616. The van der Waals surface area contributed by atoms with E-state index in [4.69, 9.17) is 0 Å². The highest BCUT2D eigenvalue weighted by Gasteiger charge is 2.24. The van der Waals surface area contributed by atoms with Crippen molar-refractivity contribution in [1.82, 2.24) is 24.4 Å². The zero-order valence-electron chi connectivity index (χ0n) is 12.9. The molecular formula is C16H21N5O. The average molecular weight is 299 g/mol. The van der Waals surface area contributed by atoms with Gasteiger partial charge in [-0.1, -0.05) is 0 Å². The quantitative estimate of drug-likeness (QED) is 0.865. The lowest BCUT2D eigenvalue weighted by Crippen LogP contribution is -2.39. The molecule has 0 bridgehead atoms. The predicted molar refractivity (Wildman–Crippen MR) is 82.2 cm³/mol. The molecule has 3 heterocycles. The van der Waals surface area contributed by atoms with E-state index in [0.29, 0.717) is 11.6 Å². The standard InChI is InChI=1S/C16H21N5O/c1-13-18-7-11-20(13)8-2-14-3-9-21(10-4-14)16(22)15-12-17-5-6-19-15/h5-7,11-12,14H,2-4,8-10H2,1H3. The van der Waals surface area contributed by atoms with Crippen molar-refractivity contribution in [3.05, 3.63) is 42.5 Å². The van der Waals surface area contributed by atoms with Gasteiger partial charge in [-0.05, 0) is 32.1 Å². The zero-order chi connectivity index (χ0) is 15.4. The summed E-state index contributed by atoms with van der Waals surface area (Å²) in [5.74, 6) is 1.74. The number of likely N-dealkylation sites (tertiary alicyclic amines) is 1. The maximum atomic E-state index is 12.3. The fraction of sp³-hybridized carbons (Fsp3) is 0.500. The molecule has 22 heavy (non-hydrogen) atoms. The van der Waals surface area contributed by atoms with Crippen molar-refractivity contribution in [2.45, 2.75) is 32.7 Å². The Morgan fingerprint density at radius 3 is 2.68 bits per heavy atom. The number of hydrogen-bond donors (Lipinski definition) is 0. The third-order valence-electron chi connectivity index (χ3n) is 4.39. The Balaban J connectivity index is 1.48. The van der Waals surface area contributed by atoms with Crippen LogP contribution in [0.15, 0.2) is 31.0 Å². The number of aromatic nitrogens is 4. The Kier molecular flexibility index (Phi) is 4.46. The van der Waals surface area contributed by atoms with Crippen molar-refractivity contribution < 1.29 is 4.79 Å². The van der Waals surface area contributed by atoms with E-state index in [9.17, 15) is 4.79 Å². The molecule has 0 unspecified atom stereocenters. The maximum absolute atomic E-state index is 12.3. The van der Waals surface area contributed by atoms with Gasteiger partial charge in [0.05, 0.1) is 6.20 Å². The van der Waals surface area contributed by atoms with Gasteiger partial charge in [0.2, 0.25) is 0 Å². The van der Waals surface area contributed by atoms with Gasteiger partial charge in [0.15, 0.2) is 0 Å². The second-order valence-corrected chi connectivity index (χ2v) is 5.78. The van der Waals surface area contributed by atoms with Gasteiger partial charge in [-0.3, -0.25) is 9.78 Å². The number of aryl methyl sites for hydroxylation is 2. The molecule has 1 amide bonds. The minimum Gasteiger partial charge on any atom is -0.337 e. The normalized spacial score (nSPS) is 16.0. The lowest BCUT2D eigenvalue weighted by molar-refractivity contribution is 0.0678. The van der Waals surface area contributed by atoms with E-state index in [0.717, 1.165) is 44.7 Å². The number of imidazole rings is 1. The van der Waals surface area contributed by atoms with Crippen LogP contribution in [0.5, 0.6) is 0 Å². The van der Waals surface area contributed by atoms with Crippen molar-refractivity contribution in [3.8, 4) is 0 Å². The molecule has 6 nitrogen and oxygen atoms in total. The minimum absolute atomic E-state index is 0.00277. The summed E-state index contributed by atoms with van der Waals surface area (Å²) < 4.78 is 2.19. The maximum Gasteiger partial charge on any atom is 0.274 e. The van der Waals surface area contributed by atoms with E-state index in [1.54, 1.807) is 12.4 Å². The predicted octanol–water partition coefficient (Wildman–Crippen LogP) is 1.92. The van der Waals surface area contributed by atoms with Crippen LogP contribution in [0.25, 0.3) is 0 Å². The Labute approximate surface area is 130 Å². The highest BCUT2D eigenvalue weighted by Crippen LogP contribution is 2.22. The highest BCUT2D eigenvalue weighted by atomic mass is 16.2. The van der Waals surface area contributed by atoms with Crippen LogP contribution < -0.4 is 0 Å². The van der Waals surface area contributed by atoms with E-state index in [-0.39, 0.29) is 5.91 Å². The first-order chi connectivity index (χ1) is 10.7. The molecule has 0 aliphatic carbocycles. The molecule has 1 aliphatic rings. The summed E-state index contributed by atoms with van der Waals surface area (Å²) in [6.07, 6.45) is 11.8. The summed E-state index contributed by atoms with van der Waals surface area (Å²) >= 11 is 0. The molecule has 1 aliphatic heterocycles. The lowest BCUT2D eigenvalue weighted by atomic mass is 9.93. The molecule has 6 heteroatoms. The molecule has 0 radical (unpaired) electrons. The fourth-order valence-electron chi connectivity index (χ4n) is 2.96. The van der Waals surface area contributed by atoms with Gasteiger partial charge < -0.3 is 9.47 Å². The molecule has 1 fully saturated rings. The van der Waals surface area contributed by atoms with Gasteiger partial charge in [-0.25, -0.2) is 9.97 Å². The molecule has 0 saturated carbocycles. The minimum atomic E-state index is -0.00277. The summed E-state index contributed by atoms with van der Waals surface area (Å²) in [7, 11) is 0. The van der Waals surface area contributed by atoms with Crippen molar-refractivity contribution in [1.29, 1.82) is 0 Å². The number of piperidine rings is 1. The van der Waals surface area contributed by atoms with E-state index in [2.05, 4.69) is 19.5 Å². The van der Waals surface area contributed by atoms with Crippen molar-refractivity contribution in [2.75, 3.05) is 13.1 Å². The molecule has 116 valence electrons. The van der Waals surface area contributed by atoms with Crippen LogP contribution in [-0.2, 0) is 6.54 Å². The van der Waals surface area contributed by atoms with E-state index >= 15 is 0 Å². The smallest absolute Gasteiger partial charge is 0.274 e. The van der Waals surface area contributed by atoms with E-state index < -0.39 is 0 Å². The fourth-order valence-corrected chi connectivity index (χ4v) is 2.96. The van der Waals surface area contributed by atoms with Gasteiger partial charge in [-0.15, -0.1) is 0 Å². The van der Waals surface area contributed by atoms with E-state index in [1.165, 1.54) is 6.20 Å². The average Bonchev–Trinajstić information content (AvgIpc) is 2.99. The van der Waals surface area contributed by atoms with Gasteiger partial charge in [-0.2, -0.15) is 0 Å². The van der Waals surface area contributed by atoms with Crippen LogP contribution in [0.3, 0.4) is 0 Å². The zero-order valence-corrected chi connectivity index (χ0v) is 12.9. The second-order valence-electron chi connectivity index (χ2n) is 5.78. The van der Waals surface area contributed by atoms with Crippen molar-refractivity contribution >= 4 is 5.91 Å². The van der Waals surface area contributed by atoms with Gasteiger partial charge in [0.1, 0.15) is 11.5 Å². The first-order valence-corrected chi connectivity index (χ1v) is 7.77. The first kappa shape index (κ1) is 14.7. The summed E-state index contributed by atoms with van der Waals surface area (Å²) in [4.78, 5) is 26.5. The number of nitrogens with zero attached hydrogens (tertiary/aromatic N) is 5. The third-order valence-corrected chi connectivity index (χ3v) is 4.39. The topological polar surface area (TPSA) is 63.9 Å². The molecule has 3 rings (SSSR count). The van der Waals surface area contributed by atoms with Crippen LogP contribution in [0.4, 0.5) is 0 Å². The molecule has 0 spiro atoms. The van der Waals surface area contributed by atoms with Gasteiger partial charge in [0, 0.05) is 44.4 Å². The number of carbonyl (C=O) groups excluding carboxylic acids is 1. The van der Waals surface area contributed by atoms with E-state index in [1.807, 2.05) is 24.2 Å².